The maximum Gasteiger partial charge on any atom is 0.416 e. The number of ether oxygens (including phenoxy) is 1. The average Bonchev–Trinajstić information content (AvgIpc) is 3.11. The van der Waals surface area contributed by atoms with Gasteiger partial charge >= 0.3 is 12.1 Å². The van der Waals surface area contributed by atoms with E-state index in [1.165, 1.54) is 6.07 Å². The number of carbonyl (C=O) groups is 1. The monoisotopic (exact) mass is 458 g/mol. The predicted molar refractivity (Wildman–Crippen MR) is 121 cm³/mol. The lowest BCUT2D eigenvalue weighted by molar-refractivity contribution is -0.156. The Morgan fingerprint density at radius 2 is 1.91 bits per heavy atom. The molecular formula is C26H29F3N2O2. The summed E-state index contributed by atoms with van der Waals surface area (Å²) in [5.41, 5.74) is 0.848. The van der Waals surface area contributed by atoms with Gasteiger partial charge in [0.15, 0.2) is 0 Å². The molecule has 1 aliphatic carbocycles. The van der Waals surface area contributed by atoms with E-state index in [4.69, 9.17) is 4.74 Å². The molecule has 2 unspecified atom stereocenters. The zero-order valence-corrected chi connectivity index (χ0v) is 19.1. The van der Waals surface area contributed by atoms with Crippen molar-refractivity contribution in [3.63, 3.8) is 0 Å². The van der Waals surface area contributed by atoms with Gasteiger partial charge in [0, 0.05) is 5.56 Å². The Kier molecular flexibility index (Phi) is 6.50. The maximum atomic E-state index is 13.3. The van der Waals surface area contributed by atoms with Crippen LogP contribution in [0.2, 0.25) is 0 Å². The SMILES string of the molecule is CC1CCC(C(C)C)[C@H](OC(=O)Cn2c(-c3cccc(C(F)(F)F)c3)nc3ccccc32)C1. The second-order valence-corrected chi connectivity index (χ2v) is 9.44. The quantitative estimate of drug-likeness (QED) is 0.398. The zero-order valence-electron chi connectivity index (χ0n) is 19.1. The van der Waals surface area contributed by atoms with E-state index in [2.05, 4.69) is 25.8 Å². The lowest BCUT2D eigenvalue weighted by Gasteiger charge is -2.36. The number of benzene rings is 2. The minimum absolute atomic E-state index is 0.109. The van der Waals surface area contributed by atoms with Crippen LogP contribution in [0.3, 0.4) is 0 Å². The molecule has 1 heterocycles. The average molecular weight is 459 g/mol. The number of para-hydroxylation sites is 2. The summed E-state index contributed by atoms with van der Waals surface area (Å²) in [5.74, 6) is 1.14. The molecule has 0 saturated heterocycles. The minimum atomic E-state index is -4.46. The van der Waals surface area contributed by atoms with Crippen molar-refractivity contribution in [1.82, 2.24) is 9.55 Å². The third-order valence-corrected chi connectivity index (χ3v) is 6.63. The Labute approximate surface area is 191 Å². The zero-order chi connectivity index (χ0) is 23.8. The molecule has 0 spiro atoms. The number of aromatic nitrogens is 2. The van der Waals surface area contributed by atoms with Crippen LogP contribution < -0.4 is 0 Å². The first kappa shape index (κ1) is 23.3. The first-order valence-corrected chi connectivity index (χ1v) is 11.5. The highest BCUT2D eigenvalue weighted by Gasteiger charge is 2.34. The van der Waals surface area contributed by atoms with Gasteiger partial charge in [-0.2, -0.15) is 13.2 Å². The van der Waals surface area contributed by atoms with Crippen molar-refractivity contribution in [2.75, 3.05) is 0 Å². The number of esters is 1. The number of alkyl halides is 3. The van der Waals surface area contributed by atoms with Gasteiger partial charge in [0.1, 0.15) is 18.5 Å². The Bertz CT molecular complexity index is 1140. The van der Waals surface area contributed by atoms with E-state index in [0.29, 0.717) is 40.2 Å². The van der Waals surface area contributed by atoms with Crippen LogP contribution in [0.15, 0.2) is 48.5 Å². The summed E-state index contributed by atoms with van der Waals surface area (Å²) in [7, 11) is 0. The number of hydrogen-bond acceptors (Lipinski definition) is 3. The summed E-state index contributed by atoms with van der Waals surface area (Å²) >= 11 is 0. The summed E-state index contributed by atoms with van der Waals surface area (Å²) in [6.45, 7) is 6.36. The van der Waals surface area contributed by atoms with Crippen LogP contribution in [0.1, 0.15) is 45.6 Å². The number of imidazole rings is 1. The van der Waals surface area contributed by atoms with Crippen LogP contribution in [0, 0.1) is 17.8 Å². The standard InChI is InChI=1S/C26H29F3N2O2/c1-16(2)20-12-11-17(3)13-23(20)33-24(32)15-31-22-10-5-4-9-21(22)30-25(31)18-7-6-8-19(14-18)26(27,28)29/h4-10,14,16-17,20,23H,11-13,15H2,1-3H3/t17?,20?,23-/m1/s1. The molecule has 7 heteroatoms. The maximum absolute atomic E-state index is 13.3. The minimum Gasteiger partial charge on any atom is -0.461 e. The van der Waals surface area contributed by atoms with Gasteiger partial charge in [0.05, 0.1) is 16.6 Å². The van der Waals surface area contributed by atoms with E-state index in [-0.39, 0.29) is 12.6 Å². The fourth-order valence-electron chi connectivity index (χ4n) is 4.88. The third-order valence-electron chi connectivity index (χ3n) is 6.63. The largest absolute Gasteiger partial charge is 0.461 e. The smallest absolute Gasteiger partial charge is 0.416 e. The van der Waals surface area contributed by atoms with Crippen molar-refractivity contribution in [3.8, 4) is 11.4 Å². The Morgan fingerprint density at radius 1 is 1.15 bits per heavy atom. The highest BCUT2D eigenvalue weighted by atomic mass is 19.4. The lowest BCUT2D eigenvalue weighted by Crippen LogP contribution is -2.36. The fraction of sp³-hybridized carbons (Fsp3) is 0.462. The molecule has 33 heavy (non-hydrogen) atoms. The van der Waals surface area contributed by atoms with E-state index in [0.717, 1.165) is 31.4 Å². The van der Waals surface area contributed by atoms with Crippen molar-refractivity contribution in [2.24, 2.45) is 17.8 Å². The van der Waals surface area contributed by atoms with Crippen molar-refractivity contribution in [1.29, 1.82) is 0 Å². The van der Waals surface area contributed by atoms with Crippen molar-refractivity contribution in [3.05, 3.63) is 54.1 Å². The van der Waals surface area contributed by atoms with E-state index >= 15 is 0 Å². The van der Waals surface area contributed by atoms with Gasteiger partial charge in [-0.1, -0.05) is 51.5 Å². The van der Waals surface area contributed by atoms with Gasteiger partial charge in [0.25, 0.3) is 0 Å². The molecule has 1 aliphatic rings. The summed E-state index contributed by atoms with van der Waals surface area (Å²) in [6, 6.07) is 12.3. The number of hydrogen-bond donors (Lipinski definition) is 0. The number of halogens is 3. The highest BCUT2D eigenvalue weighted by molar-refractivity contribution is 5.83. The van der Waals surface area contributed by atoms with Crippen LogP contribution in [0.25, 0.3) is 22.4 Å². The number of rotatable bonds is 5. The molecule has 0 N–H and O–H groups in total. The van der Waals surface area contributed by atoms with Gasteiger partial charge in [-0.25, -0.2) is 4.98 Å². The van der Waals surface area contributed by atoms with Crippen molar-refractivity contribution < 1.29 is 22.7 Å². The molecule has 2 aromatic carbocycles. The van der Waals surface area contributed by atoms with Crippen LogP contribution in [0.5, 0.6) is 0 Å². The molecule has 0 amide bonds. The van der Waals surface area contributed by atoms with E-state index in [9.17, 15) is 18.0 Å². The van der Waals surface area contributed by atoms with Gasteiger partial charge < -0.3 is 9.30 Å². The van der Waals surface area contributed by atoms with Crippen molar-refractivity contribution in [2.45, 2.75) is 58.9 Å². The molecule has 0 aliphatic heterocycles. The van der Waals surface area contributed by atoms with Gasteiger partial charge in [-0.15, -0.1) is 0 Å². The summed E-state index contributed by atoms with van der Waals surface area (Å²) in [5, 5.41) is 0. The first-order valence-electron chi connectivity index (χ1n) is 11.5. The molecule has 1 aromatic heterocycles. The molecule has 176 valence electrons. The van der Waals surface area contributed by atoms with Crippen LogP contribution in [-0.4, -0.2) is 21.6 Å². The molecule has 1 saturated carbocycles. The molecular weight excluding hydrogens is 429 g/mol. The van der Waals surface area contributed by atoms with E-state index in [1.807, 2.05) is 18.2 Å². The third kappa shape index (κ3) is 5.07. The Balaban J connectivity index is 1.66. The lowest BCUT2D eigenvalue weighted by atomic mass is 9.75. The molecule has 0 radical (unpaired) electrons. The summed E-state index contributed by atoms with van der Waals surface area (Å²) in [4.78, 5) is 17.6. The summed E-state index contributed by atoms with van der Waals surface area (Å²) in [6.07, 6.45) is -1.62. The van der Waals surface area contributed by atoms with Crippen molar-refractivity contribution >= 4 is 17.0 Å². The molecule has 3 aromatic rings. The number of carbonyl (C=O) groups excluding carboxylic acids is 1. The Morgan fingerprint density at radius 3 is 2.64 bits per heavy atom. The molecule has 0 bridgehead atoms. The molecule has 4 nitrogen and oxygen atoms in total. The number of fused-ring (bicyclic) bond motifs is 1. The van der Waals surface area contributed by atoms with Gasteiger partial charge in [-0.3, -0.25) is 4.79 Å². The molecule has 1 fully saturated rings. The van der Waals surface area contributed by atoms with Gasteiger partial charge in [0.2, 0.25) is 0 Å². The summed E-state index contributed by atoms with van der Waals surface area (Å²) < 4.78 is 47.5. The topological polar surface area (TPSA) is 44.1 Å². The van der Waals surface area contributed by atoms with Crippen LogP contribution in [-0.2, 0) is 22.3 Å². The molecule has 4 rings (SSSR count). The van der Waals surface area contributed by atoms with Gasteiger partial charge in [-0.05, 0) is 54.9 Å². The molecule has 3 atom stereocenters. The number of nitrogens with zero attached hydrogens (tertiary/aromatic N) is 2. The van der Waals surface area contributed by atoms with Crippen LogP contribution in [0.4, 0.5) is 13.2 Å². The predicted octanol–water partition coefficient (Wildman–Crippen LogP) is 6.73. The Hall–Kier alpha value is -2.83. The van der Waals surface area contributed by atoms with E-state index < -0.39 is 17.7 Å². The first-order chi connectivity index (χ1) is 15.6. The van der Waals surface area contributed by atoms with Crippen LogP contribution >= 0.6 is 0 Å². The normalized spacial score (nSPS) is 21.5. The second-order valence-electron chi connectivity index (χ2n) is 9.44. The second kappa shape index (κ2) is 9.20. The highest BCUT2D eigenvalue weighted by Crippen LogP contribution is 2.36. The van der Waals surface area contributed by atoms with E-state index in [1.54, 1.807) is 16.7 Å². The fourth-order valence-corrected chi connectivity index (χ4v) is 4.88.